The fraction of sp³-hybridized carbons (Fsp3) is 0.121. The van der Waals surface area contributed by atoms with Crippen molar-refractivity contribution in [2.75, 3.05) is 17.2 Å². The minimum Gasteiger partial charge on any atom is -0.493 e. The lowest BCUT2D eigenvalue weighted by molar-refractivity contribution is -0.115. The zero-order valence-corrected chi connectivity index (χ0v) is 24.7. The zero-order chi connectivity index (χ0) is 29.9. The average Bonchev–Trinajstić information content (AvgIpc) is 2.99. The molecule has 3 N–H and O–H groups in total. The van der Waals surface area contributed by atoms with Crippen LogP contribution >= 0.6 is 23.4 Å². The number of thioether (sulfide) groups is 1. The molecule has 214 valence electrons. The Balaban J connectivity index is 1.51. The summed E-state index contributed by atoms with van der Waals surface area (Å²) in [6.07, 6.45) is 1.59. The maximum absolute atomic E-state index is 13.5. The van der Waals surface area contributed by atoms with Crippen molar-refractivity contribution in [1.82, 2.24) is 5.32 Å². The Labute approximate surface area is 254 Å². The lowest BCUT2D eigenvalue weighted by Gasteiger charge is -2.15. The van der Waals surface area contributed by atoms with Crippen molar-refractivity contribution in [3.63, 3.8) is 0 Å². The first-order valence-electron chi connectivity index (χ1n) is 13.3. The smallest absolute Gasteiger partial charge is 0.272 e. The van der Waals surface area contributed by atoms with Gasteiger partial charge in [-0.15, -0.1) is 11.8 Å². The Morgan fingerprint density at radius 1 is 0.857 bits per heavy atom. The molecule has 3 amide bonds. The molecule has 1 unspecified atom stereocenters. The number of hydrogen-bond acceptors (Lipinski definition) is 5. The minimum atomic E-state index is -0.513. The van der Waals surface area contributed by atoms with Crippen LogP contribution in [0.3, 0.4) is 0 Å². The second-order valence-corrected chi connectivity index (χ2v) is 10.9. The summed E-state index contributed by atoms with van der Waals surface area (Å²) in [7, 11) is 0. The molecule has 0 radical (unpaired) electrons. The molecule has 0 spiro atoms. The molecule has 0 aliphatic rings. The van der Waals surface area contributed by atoms with E-state index < -0.39 is 17.1 Å². The van der Waals surface area contributed by atoms with Crippen molar-refractivity contribution in [3.8, 4) is 5.75 Å². The van der Waals surface area contributed by atoms with Gasteiger partial charge in [-0.3, -0.25) is 14.4 Å². The van der Waals surface area contributed by atoms with Gasteiger partial charge in [0.2, 0.25) is 5.91 Å². The second kappa shape index (κ2) is 14.9. The molecule has 0 saturated heterocycles. The van der Waals surface area contributed by atoms with Crippen molar-refractivity contribution >= 4 is 58.5 Å². The van der Waals surface area contributed by atoms with E-state index in [1.54, 1.807) is 91.9 Å². The van der Waals surface area contributed by atoms with Crippen LogP contribution in [-0.2, 0) is 9.59 Å². The van der Waals surface area contributed by atoms with Gasteiger partial charge in [0.1, 0.15) is 11.4 Å². The van der Waals surface area contributed by atoms with Gasteiger partial charge in [0.25, 0.3) is 11.8 Å². The van der Waals surface area contributed by atoms with Gasteiger partial charge in [-0.1, -0.05) is 54.1 Å². The van der Waals surface area contributed by atoms with Gasteiger partial charge in [-0.05, 0) is 80.6 Å². The van der Waals surface area contributed by atoms with Gasteiger partial charge in [0.05, 0.1) is 11.9 Å². The molecular weight excluding hydrogens is 570 g/mol. The van der Waals surface area contributed by atoms with Crippen LogP contribution in [0.15, 0.2) is 114 Å². The number of carbonyl (C=O) groups is 3. The third-order valence-corrected chi connectivity index (χ3v) is 7.28. The van der Waals surface area contributed by atoms with E-state index in [1.165, 1.54) is 11.8 Å². The predicted molar refractivity (Wildman–Crippen MR) is 170 cm³/mol. The Morgan fingerprint density at radius 2 is 1.57 bits per heavy atom. The van der Waals surface area contributed by atoms with Crippen molar-refractivity contribution in [2.24, 2.45) is 0 Å². The number of para-hydroxylation sites is 1. The van der Waals surface area contributed by atoms with Gasteiger partial charge in [0.15, 0.2) is 0 Å². The fourth-order valence-electron chi connectivity index (χ4n) is 3.86. The molecule has 0 heterocycles. The number of hydrogen-bond donors (Lipinski definition) is 3. The van der Waals surface area contributed by atoms with Crippen molar-refractivity contribution in [1.29, 1.82) is 0 Å². The fourth-order valence-corrected chi connectivity index (χ4v) is 4.92. The van der Waals surface area contributed by atoms with Crippen LogP contribution in [-0.4, -0.2) is 29.6 Å². The summed E-state index contributed by atoms with van der Waals surface area (Å²) in [5.74, 6) is -0.515. The molecule has 0 aliphatic carbocycles. The molecule has 0 saturated carbocycles. The van der Waals surface area contributed by atoms with Gasteiger partial charge >= 0.3 is 0 Å². The number of benzene rings is 4. The summed E-state index contributed by atoms with van der Waals surface area (Å²) in [6, 6.07) is 30.0. The van der Waals surface area contributed by atoms with Crippen LogP contribution in [0, 0.1) is 0 Å². The predicted octanol–water partition coefficient (Wildman–Crippen LogP) is 7.27. The number of nitrogens with one attached hydrogen (secondary N) is 3. The molecule has 9 heteroatoms. The molecule has 0 aromatic heterocycles. The van der Waals surface area contributed by atoms with Crippen molar-refractivity contribution in [3.05, 3.63) is 125 Å². The average molecular weight is 600 g/mol. The van der Waals surface area contributed by atoms with Crippen LogP contribution in [0.4, 0.5) is 11.4 Å². The molecule has 4 rings (SSSR count). The molecule has 4 aromatic rings. The number of anilines is 2. The first-order valence-corrected chi connectivity index (χ1v) is 14.5. The zero-order valence-electron chi connectivity index (χ0n) is 23.1. The van der Waals surface area contributed by atoms with E-state index in [-0.39, 0.29) is 11.6 Å². The number of halogens is 1. The highest BCUT2D eigenvalue weighted by atomic mass is 35.5. The molecule has 0 aliphatic heterocycles. The standard InChI is InChI=1S/C33H30ClN3O4S/c1-3-41-30-15-8-7-12-24(30)20-29(37-32(39)23-10-5-4-6-11-23)33(40)36-27-13-9-14-28(21-27)42-22(2)31(38)35-26-18-16-25(34)17-19-26/h4-22H,3H2,1-2H3,(H,35,38)(H,36,40)(H,37,39)/b29-20+. The van der Waals surface area contributed by atoms with E-state index in [0.29, 0.717) is 39.9 Å². The number of amides is 3. The molecule has 0 bridgehead atoms. The molecular formula is C33H30ClN3O4S. The summed E-state index contributed by atoms with van der Waals surface area (Å²) in [5.41, 5.74) is 2.26. The normalized spacial score (nSPS) is 11.7. The number of rotatable bonds is 11. The Kier molecular flexibility index (Phi) is 10.8. The summed E-state index contributed by atoms with van der Waals surface area (Å²) in [5, 5.41) is 8.66. The van der Waals surface area contributed by atoms with Crippen LogP contribution in [0.5, 0.6) is 5.75 Å². The van der Waals surface area contributed by atoms with Gasteiger partial charge < -0.3 is 20.7 Å². The molecule has 1 atom stereocenters. The number of ether oxygens (including phenoxy) is 1. The van der Waals surface area contributed by atoms with E-state index in [2.05, 4.69) is 16.0 Å². The van der Waals surface area contributed by atoms with E-state index in [1.807, 2.05) is 31.2 Å². The van der Waals surface area contributed by atoms with Crippen LogP contribution < -0.4 is 20.7 Å². The van der Waals surface area contributed by atoms with Gasteiger partial charge in [-0.25, -0.2) is 0 Å². The summed E-state index contributed by atoms with van der Waals surface area (Å²) in [6.45, 7) is 4.12. The van der Waals surface area contributed by atoms with E-state index in [0.717, 1.165) is 4.90 Å². The van der Waals surface area contributed by atoms with Crippen LogP contribution in [0.1, 0.15) is 29.8 Å². The Hall–Kier alpha value is -4.53. The first-order chi connectivity index (χ1) is 20.3. The molecule has 0 fully saturated rings. The van der Waals surface area contributed by atoms with Gasteiger partial charge in [-0.2, -0.15) is 0 Å². The quantitative estimate of drug-likeness (QED) is 0.124. The highest BCUT2D eigenvalue weighted by Crippen LogP contribution is 2.27. The largest absolute Gasteiger partial charge is 0.493 e. The van der Waals surface area contributed by atoms with E-state index in [9.17, 15) is 14.4 Å². The molecule has 4 aromatic carbocycles. The summed E-state index contributed by atoms with van der Waals surface area (Å²) in [4.78, 5) is 40.0. The lowest BCUT2D eigenvalue weighted by atomic mass is 10.1. The SMILES string of the molecule is CCOc1ccccc1/C=C(/NC(=O)c1ccccc1)C(=O)Nc1cccc(SC(C)C(=O)Nc2ccc(Cl)cc2)c1. The first kappa shape index (κ1) is 30.4. The monoisotopic (exact) mass is 599 g/mol. The number of carbonyl (C=O) groups excluding carboxylic acids is 3. The summed E-state index contributed by atoms with van der Waals surface area (Å²) >= 11 is 7.28. The molecule has 7 nitrogen and oxygen atoms in total. The lowest BCUT2D eigenvalue weighted by Crippen LogP contribution is -2.30. The van der Waals surface area contributed by atoms with Crippen molar-refractivity contribution < 1.29 is 19.1 Å². The topological polar surface area (TPSA) is 96.5 Å². The Morgan fingerprint density at radius 3 is 2.31 bits per heavy atom. The maximum Gasteiger partial charge on any atom is 0.272 e. The third-order valence-electron chi connectivity index (χ3n) is 5.93. The highest BCUT2D eigenvalue weighted by molar-refractivity contribution is 8.00. The van der Waals surface area contributed by atoms with Crippen LogP contribution in [0.25, 0.3) is 6.08 Å². The Bertz CT molecular complexity index is 1580. The summed E-state index contributed by atoms with van der Waals surface area (Å²) < 4.78 is 5.71. The van der Waals surface area contributed by atoms with Crippen molar-refractivity contribution in [2.45, 2.75) is 24.0 Å². The van der Waals surface area contributed by atoms with E-state index in [4.69, 9.17) is 16.3 Å². The van der Waals surface area contributed by atoms with E-state index >= 15 is 0 Å². The third kappa shape index (κ3) is 8.73. The second-order valence-electron chi connectivity index (χ2n) is 9.09. The maximum atomic E-state index is 13.5. The van der Waals surface area contributed by atoms with Crippen LogP contribution in [0.2, 0.25) is 5.02 Å². The van der Waals surface area contributed by atoms with Gasteiger partial charge in [0, 0.05) is 32.4 Å². The highest BCUT2D eigenvalue weighted by Gasteiger charge is 2.18. The minimum absolute atomic E-state index is 0.0461. The molecule has 42 heavy (non-hydrogen) atoms.